The molecule has 11 heavy (non-hydrogen) atoms. The molecule has 1 fully saturated rings. The molecule has 0 aromatic carbocycles. The van der Waals surface area contributed by atoms with Crippen molar-refractivity contribution >= 4 is 0 Å². The van der Waals surface area contributed by atoms with Crippen LogP contribution >= 0.6 is 0 Å². The average molecular weight is 167 g/mol. The first-order chi connectivity index (χ1) is 5.00. The molecule has 1 saturated heterocycles. The van der Waals surface area contributed by atoms with Gasteiger partial charge in [-0.05, 0) is 26.4 Å². The van der Waals surface area contributed by atoms with Crippen LogP contribution in [0.15, 0.2) is 0 Å². The van der Waals surface area contributed by atoms with E-state index in [-0.39, 0.29) is 6.54 Å². The lowest BCUT2D eigenvalue weighted by Gasteiger charge is -2.30. The fraction of sp³-hybridized carbons (Fsp3) is 1.00. The first kappa shape index (κ1) is 8.84. The zero-order valence-electron chi connectivity index (χ0n) is 6.49. The highest BCUT2D eigenvalue weighted by molar-refractivity contribution is 4.75. The van der Waals surface area contributed by atoms with Crippen molar-refractivity contribution in [2.75, 3.05) is 20.1 Å². The van der Waals surface area contributed by atoms with E-state index in [1.54, 1.807) is 11.9 Å². The first-order valence-electron chi connectivity index (χ1n) is 3.75. The molecule has 0 amide bonds. The summed E-state index contributed by atoms with van der Waals surface area (Å²) in [5, 5.41) is 0. The minimum atomic E-state index is -3.99. The van der Waals surface area contributed by atoms with Crippen molar-refractivity contribution < 1.29 is 13.2 Å². The lowest BCUT2D eigenvalue weighted by atomic mass is 9.98. The predicted octanol–water partition coefficient (Wildman–Crippen LogP) is 1.89. The molecule has 0 radical (unpaired) electrons. The van der Waals surface area contributed by atoms with E-state index < -0.39 is 12.1 Å². The van der Waals surface area contributed by atoms with E-state index in [1.165, 1.54) is 0 Å². The Hall–Kier alpha value is -0.250. The van der Waals surface area contributed by atoms with Gasteiger partial charge in [-0.25, -0.2) is 0 Å². The molecular weight excluding hydrogens is 155 g/mol. The van der Waals surface area contributed by atoms with Crippen LogP contribution in [-0.2, 0) is 0 Å². The van der Waals surface area contributed by atoms with Gasteiger partial charge in [-0.1, -0.05) is 0 Å². The summed E-state index contributed by atoms with van der Waals surface area (Å²) in [5.74, 6) is -1.10. The third kappa shape index (κ3) is 2.36. The highest BCUT2D eigenvalue weighted by Crippen LogP contribution is 2.32. The van der Waals surface area contributed by atoms with Crippen molar-refractivity contribution in [3.63, 3.8) is 0 Å². The Morgan fingerprint density at radius 3 is 2.36 bits per heavy atom. The van der Waals surface area contributed by atoms with E-state index in [4.69, 9.17) is 0 Å². The first-order valence-corrected chi connectivity index (χ1v) is 3.75. The zero-order valence-corrected chi connectivity index (χ0v) is 6.49. The Morgan fingerprint density at radius 2 is 2.00 bits per heavy atom. The van der Waals surface area contributed by atoms with E-state index in [2.05, 4.69) is 0 Å². The maximum atomic E-state index is 12.1. The molecule has 0 N–H and O–H groups in total. The molecule has 1 rings (SSSR count). The van der Waals surface area contributed by atoms with Crippen LogP contribution < -0.4 is 0 Å². The number of alkyl halides is 3. The van der Waals surface area contributed by atoms with Gasteiger partial charge in [-0.2, -0.15) is 13.2 Å². The standard InChI is InChI=1S/C7H12F3N/c1-11-4-2-3-6(5-11)7(8,9)10/h6H,2-5H2,1H3/t6-/m0/s1. The van der Waals surface area contributed by atoms with Crippen molar-refractivity contribution in [2.24, 2.45) is 5.92 Å². The summed E-state index contributed by atoms with van der Waals surface area (Å²) in [7, 11) is 1.73. The molecule has 0 aromatic heterocycles. The van der Waals surface area contributed by atoms with Crippen LogP contribution in [0, 0.1) is 5.92 Å². The van der Waals surface area contributed by atoms with Gasteiger partial charge in [0, 0.05) is 6.54 Å². The van der Waals surface area contributed by atoms with Crippen molar-refractivity contribution in [1.29, 1.82) is 0 Å². The Morgan fingerprint density at radius 1 is 1.36 bits per heavy atom. The quantitative estimate of drug-likeness (QED) is 0.532. The van der Waals surface area contributed by atoms with Gasteiger partial charge in [0.25, 0.3) is 0 Å². The van der Waals surface area contributed by atoms with Crippen molar-refractivity contribution in [2.45, 2.75) is 19.0 Å². The average Bonchev–Trinajstić information content (AvgIpc) is 1.86. The van der Waals surface area contributed by atoms with Crippen LogP contribution in [0.4, 0.5) is 13.2 Å². The van der Waals surface area contributed by atoms with Gasteiger partial charge in [0.05, 0.1) is 5.92 Å². The smallest absolute Gasteiger partial charge is 0.306 e. The summed E-state index contributed by atoms with van der Waals surface area (Å²) in [5.41, 5.74) is 0. The van der Waals surface area contributed by atoms with Crippen molar-refractivity contribution in [1.82, 2.24) is 4.90 Å². The SMILES string of the molecule is CN1CCC[C@H](C(F)(F)F)C1. The van der Waals surface area contributed by atoms with E-state index in [1.807, 2.05) is 0 Å². The number of hydrogen-bond acceptors (Lipinski definition) is 1. The van der Waals surface area contributed by atoms with Crippen LogP contribution in [0.2, 0.25) is 0 Å². The van der Waals surface area contributed by atoms with E-state index >= 15 is 0 Å². The third-order valence-corrected chi connectivity index (χ3v) is 2.09. The highest BCUT2D eigenvalue weighted by atomic mass is 19.4. The number of nitrogens with zero attached hydrogens (tertiary/aromatic N) is 1. The molecule has 1 aliphatic heterocycles. The zero-order chi connectivity index (χ0) is 8.48. The van der Waals surface area contributed by atoms with Crippen LogP contribution in [0.3, 0.4) is 0 Å². The minimum Gasteiger partial charge on any atom is -0.306 e. The Labute approximate surface area is 64.2 Å². The number of hydrogen-bond donors (Lipinski definition) is 0. The van der Waals surface area contributed by atoms with Gasteiger partial charge in [0.2, 0.25) is 0 Å². The molecule has 1 heterocycles. The maximum Gasteiger partial charge on any atom is 0.393 e. The molecule has 0 aromatic rings. The minimum absolute atomic E-state index is 0.170. The lowest BCUT2D eigenvalue weighted by molar-refractivity contribution is -0.185. The fourth-order valence-corrected chi connectivity index (χ4v) is 1.43. The second-order valence-corrected chi connectivity index (χ2v) is 3.14. The van der Waals surface area contributed by atoms with E-state index in [0.717, 1.165) is 6.54 Å². The highest BCUT2D eigenvalue weighted by Gasteiger charge is 2.40. The van der Waals surface area contributed by atoms with E-state index in [0.29, 0.717) is 12.8 Å². The molecule has 4 heteroatoms. The Balaban J connectivity index is 2.46. The number of piperidine rings is 1. The fourth-order valence-electron chi connectivity index (χ4n) is 1.43. The van der Waals surface area contributed by atoms with Crippen molar-refractivity contribution in [3.05, 3.63) is 0 Å². The van der Waals surface area contributed by atoms with Gasteiger partial charge in [0.1, 0.15) is 0 Å². The van der Waals surface area contributed by atoms with Crippen LogP contribution in [0.5, 0.6) is 0 Å². The van der Waals surface area contributed by atoms with Gasteiger partial charge >= 0.3 is 6.18 Å². The van der Waals surface area contributed by atoms with Crippen LogP contribution in [0.1, 0.15) is 12.8 Å². The largest absolute Gasteiger partial charge is 0.393 e. The topological polar surface area (TPSA) is 3.24 Å². The van der Waals surface area contributed by atoms with Gasteiger partial charge < -0.3 is 4.90 Å². The Kier molecular flexibility index (Phi) is 2.42. The summed E-state index contributed by atoms with van der Waals surface area (Å²) < 4.78 is 36.3. The molecule has 0 saturated carbocycles. The second-order valence-electron chi connectivity index (χ2n) is 3.14. The molecule has 0 unspecified atom stereocenters. The molecule has 1 aliphatic rings. The molecule has 0 spiro atoms. The monoisotopic (exact) mass is 167 g/mol. The number of halogens is 3. The van der Waals surface area contributed by atoms with Crippen LogP contribution in [0.25, 0.3) is 0 Å². The van der Waals surface area contributed by atoms with Crippen LogP contribution in [-0.4, -0.2) is 31.2 Å². The van der Waals surface area contributed by atoms with Gasteiger partial charge in [-0.15, -0.1) is 0 Å². The molecule has 66 valence electrons. The third-order valence-electron chi connectivity index (χ3n) is 2.09. The molecule has 1 nitrogen and oxygen atoms in total. The molecule has 1 atom stereocenters. The van der Waals surface area contributed by atoms with Crippen molar-refractivity contribution in [3.8, 4) is 0 Å². The maximum absolute atomic E-state index is 12.1. The summed E-state index contributed by atoms with van der Waals surface area (Å²) in [6.07, 6.45) is -3.02. The second kappa shape index (κ2) is 3.01. The molecule has 0 bridgehead atoms. The Bertz CT molecular complexity index is 132. The normalized spacial score (nSPS) is 28.9. The summed E-state index contributed by atoms with van der Waals surface area (Å²) >= 11 is 0. The van der Waals surface area contributed by atoms with E-state index in [9.17, 15) is 13.2 Å². The van der Waals surface area contributed by atoms with Gasteiger partial charge in [0.15, 0.2) is 0 Å². The predicted molar refractivity (Wildman–Crippen MR) is 36.3 cm³/mol. The number of rotatable bonds is 0. The summed E-state index contributed by atoms with van der Waals surface area (Å²) in [6, 6.07) is 0. The molecule has 0 aliphatic carbocycles. The molecular formula is C7H12F3N. The lowest BCUT2D eigenvalue weighted by Crippen LogP contribution is -2.39. The van der Waals surface area contributed by atoms with Gasteiger partial charge in [-0.3, -0.25) is 0 Å². The summed E-state index contributed by atoms with van der Waals surface area (Å²) in [4.78, 5) is 1.74. The number of likely N-dealkylation sites (tertiary alicyclic amines) is 1. The summed E-state index contributed by atoms with van der Waals surface area (Å²) in [6.45, 7) is 0.968.